The fourth-order valence-electron chi connectivity index (χ4n) is 2.31. The molecule has 1 aliphatic rings. The fraction of sp³-hybridized carbons (Fsp3) is 0.312. The number of carbonyl (C=O) groups excluding carboxylic acids is 3. The van der Waals surface area contributed by atoms with E-state index >= 15 is 0 Å². The van der Waals surface area contributed by atoms with Crippen molar-refractivity contribution in [3.8, 4) is 5.75 Å². The van der Waals surface area contributed by atoms with Crippen molar-refractivity contribution in [1.29, 1.82) is 0 Å². The number of imide groups is 2. The summed E-state index contributed by atoms with van der Waals surface area (Å²) in [5.74, 6) is -4.03. The number of aliphatic carboxylic acids is 1. The van der Waals surface area contributed by atoms with Gasteiger partial charge in [-0.25, -0.2) is 9.59 Å². The first-order valence-electron chi connectivity index (χ1n) is 7.35. The van der Waals surface area contributed by atoms with E-state index in [2.05, 4.69) is 4.99 Å². The molecule has 0 saturated carbocycles. The van der Waals surface area contributed by atoms with Crippen LogP contribution in [-0.2, 0) is 20.8 Å². The third-order valence-corrected chi connectivity index (χ3v) is 3.83. The number of barbiturate groups is 1. The summed E-state index contributed by atoms with van der Waals surface area (Å²) in [5.41, 5.74) is 0.619. The Morgan fingerprint density at radius 1 is 1.16 bits per heavy atom. The molecule has 1 heterocycles. The molecule has 4 amide bonds. The quantitative estimate of drug-likeness (QED) is 0.575. The van der Waals surface area contributed by atoms with Gasteiger partial charge in [-0.3, -0.25) is 24.4 Å². The number of amides is 4. The van der Waals surface area contributed by atoms with Crippen molar-refractivity contribution in [1.82, 2.24) is 9.80 Å². The molecule has 1 aliphatic heterocycles. The van der Waals surface area contributed by atoms with Gasteiger partial charge in [0.2, 0.25) is 11.8 Å². The number of nitrogens with zero attached hydrogens (tertiary/aromatic N) is 3. The number of benzene rings is 1. The molecule has 1 atom stereocenters. The summed E-state index contributed by atoms with van der Waals surface area (Å²) in [6, 6.07) is 3.98. The van der Waals surface area contributed by atoms with E-state index in [-0.39, 0.29) is 12.2 Å². The third kappa shape index (κ3) is 3.82. The summed E-state index contributed by atoms with van der Waals surface area (Å²) in [6.45, 7) is 0. The molecular weight excluding hydrogens is 330 g/mol. The van der Waals surface area contributed by atoms with Crippen LogP contribution in [0.4, 0.5) is 4.79 Å². The van der Waals surface area contributed by atoms with E-state index in [1.165, 1.54) is 26.2 Å². The van der Waals surface area contributed by atoms with Crippen molar-refractivity contribution in [2.24, 2.45) is 10.9 Å². The largest absolute Gasteiger partial charge is 0.508 e. The highest BCUT2D eigenvalue weighted by Gasteiger charge is 2.41. The van der Waals surface area contributed by atoms with Crippen molar-refractivity contribution >= 4 is 30.0 Å². The Bertz CT molecular complexity index is 719. The third-order valence-electron chi connectivity index (χ3n) is 3.83. The first kappa shape index (κ1) is 18.1. The summed E-state index contributed by atoms with van der Waals surface area (Å²) in [7, 11) is 2.47. The zero-order valence-electron chi connectivity index (χ0n) is 13.6. The first-order valence-corrected chi connectivity index (χ1v) is 7.35. The van der Waals surface area contributed by atoms with Gasteiger partial charge in [0.1, 0.15) is 5.75 Å². The standard InChI is InChI=1S/C16H17N3O6/c1-18-13(21)11(14(22)19(2)16(18)25)8-17-12(15(23)24)7-9-3-5-10(20)6-4-9/h3-6,8,11-12,20H,7H2,1-2H3,(H,23,24)/t12-/m0/s1. The molecule has 0 radical (unpaired) electrons. The van der Waals surface area contributed by atoms with Gasteiger partial charge in [-0.2, -0.15) is 0 Å². The maximum atomic E-state index is 12.1. The number of carboxylic acids is 1. The van der Waals surface area contributed by atoms with Crippen molar-refractivity contribution < 1.29 is 29.4 Å². The molecule has 0 aromatic heterocycles. The van der Waals surface area contributed by atoms with Crippen LogP contribution in [0.25, 0.3) is 0 Å². The number of hydrogen-bond donors (Lipinski definition) is 2. The SMILES string of the molecule is CN1C(=O)C(C=N[C@@H](Cc2ccc(O)cc2)C(=O)O)C(=O)N(C)C1=O. The van der Waals surface area contributed by atoms with Crippen LogP contribution in [0.3, 0.4) is 0 Å². The van der Waals surface area contributed by atoms with Crippen LogP contribution in [0.5, 0.6) is 5.75 Å². The molecule has 0 unspecified atom stereocenters. The number of urea groups is 1. The molecule has 9 heteroatoms. The van der Waals surface area contributed by atoms with E-state index in [9.17, 15) is 29.4 Å². The van der Waals surface area contributed by atoms with Crippen LogP contribution >= 0.6 is 0 Å². The highest BCUT2D eigenvalue weighted by molar-refractivity contribution is 6.23. The molecule has 0 aliphatic carbocycles. The van der Waals surface area contributed by atoms with E-state index < -0.39 is 35.8 Å². The predicted octanol–water partition coefficient (Wildman–Crippen LogP) is 0.125. The Morgan fingerprint density at radius 2 is 1.68 bits per heavy atom. The number of aliphatic imine (C=N–C) groups is 1. The van der Waals surface area contributed by atoms with Gasteiger partial charge in [-0.05, 0) is 17.7 Å². The van der Waals surface area contributed by atoms with Crippen LogP contribution < -0.4 is 0 Å². The van der Waals surface area contributed by atoms with Gasteiger partial charge >= 0.3 is 12.0 Å². The second-order valence-corrected chi connectivity index (χ2v) is 5.58. The van der Waals surface area contributed by atoms with Gasteiger partial charge in [-0.15, -0.1) is 0 Å². The van der Waals surface area contributed by atoms with Crippen LogP contribution in [0, 0.1) is 5.92 Å². The number of phenolic OH excluding ortho intramolecular Hbond substituents is 1. The lowest BCUT2D eigenvalue weighted by Crippen LogP contribution is -2.57. The van der Waals surface area contributed by atoms with Crippen molar-refractivity contribution in [2.45, 2.75) is 12.5 Å². The first-order chi connectivity index (χ1) is 11.7. The molecule has 1 saturated heterocycles. The van der Waals surface area contributed by atoms with Gasteiger partial charge in [0.15, 0.2) is 12.0 Å². The maximum absolute atomic E-state index is 12.1. The summed E-state index contributed by atoms with van der Waals surface area (Å²) < 4.78 is 0. The van der Waals surface area contributed by atoms with Gasteiger partial charge < -0.3 is 10.2 Å². The zero-order valence-corrected chi connectivity index (χ0v) is 13.6. The highest BCUT2D eigenvalue weighted by atomic mass is 16.4. The lowest BCUT2D eigenvalue weighted by Gasteiger charge is -2.31. The molecule has 25 heavy (non-hydrogen) atoms. The molecular formula is C16H17N3O6. The van der Waals surface area contributed by atoms with Gasteiger partial charge in [0.25, 0.3) is 0 Å². The normalized spacial score (nSPS) is 17.4. The summed E-state index contributed by atoms with van der Waals surface area (Å²) in [5, 5.41) is 18.5. The summed E-state index contributed by atoms with van der Waals surface area (Å²) >= 11 is 0. The minimum Gasteiger partial charge on any atom is -0.508 e. The van der Waals surface area contributed by atoms with Crippen molar-refractivity contribution in [2.75, 3.05) is 14.1 Å². The van der Waals surface area contributed by atoms with E-state index in [4.69, 9.17) is 0 Å². The number of hydrogen-bond acceptors (Lipinski definition) is 6. The second-order valence-electron chi connectivity index (χ2n) is 5.58. The molecule has 132 valence electrons. The van der Waals surface area contributed by atoms with Crippen molar-refractivity contribution in [3.63, 3.8) is 0 Å². The van der Waals surface area contributed by atoms with Crippen LogP contribution in [-0.4, -0.2) is 70.2 Å². The Labute approximate surface area is 143 Å². The number of carbonyl (C=O) groups is 4. The number of carboxylic acid groups (broad SMARTS) is 1. The minimum absolute atomic E-state index is 0.0197. The zero-order chi connectivity index (χ0) is 18.7. The van der Waals surface area contributed by atoms with Crippen LogP contribution in [0.15, 0.2) is 29.3 Å². The summed E-state index contributed by atoms with van der Waals surface area (Å²) in [6.07, 6.45) is 0.995. The molecule has 1 fully saturated rings. The Morgan fingerprint density at radius 3 is 2.16 bits per heavy atom. The molecule has 0 bridgehead atoms. The Balaban J connectivity index is 2.19. The average molecular weight is 347 g/mol. The fourth-order valence-corrected chi connectivity index (χ4v) is 2.31. The monoisotopic (exact) mass is 347 g/mol. The number of phenols is 1. The highest BCUT2D eigenvalue weighted by Crippen LogP contribution is 2.16. The maximum Gasteiger partial charge on any atom is 0.332 e. The predicted molar refractivity (Wildman–Crippen MR) is 86.2 cm³/mol. The molecule has 2 N–H and O–H groups in total. The number of aromatic hydroxyl groups is 1. The summed E-state index contributed by atoms with van der Waals surface area (Å²) in [4.78, 5) is 52.6. The van der Waals surface area contributed by atoms with Crippen molar-refractivity contribution in [3.05, 3.63) is 29.8 Å². The lowest BCUT2D eigenvalue weighted by molar-refractivity contribution is -0.144. The Hall–Kier alpha value is -3.23. The average Bonchev–Trinajstić information content (AvgIpc) is 2.58. The molecule has 1 aromatic carbocycles. The van der Waals surface area contributed by atoms with Crippen LogP contribution in [0.2, 0.25) is 0 Å². The molecule has 9 nitrogen and oxygen atoms in total. The van der Waals surface area contributed by atoms with Gasteiger partial charge in [-0.1, -0.05) is 12.1 Å². The smallest absolute Gasteiger partial charge is 0.332 e. The molecule has 1 aromatic rings. The van der Waals surface area contributed by atoms with E-state index in [1.54, 1.807) is 12.1 Å². The van der Waals surface area contributed by atoms with Gasteiger partial charge in [0.05, 0.1) is 0 Å². The lowest BCUT2D eigenvalue weighted by atomic mass is 10.0. The van der Waals surface area contributed by atoms with Gasteiger partial charge in [0, 0.05) is 26.7 Å². The van der Waals surface area contributed by atoms with E-state index in [0.717, 1.165) is 16.0 Å². The van der Waals surface area contributed by atoms with E-state index in [1.807, 2.05) is 0 Å². The molecule has 2 rings (SSSR count). The van der Waals surface area contributed by atoms with Crippen LogP contribution in [0.1, 0.15) is 5.56 Å². The molecule has 0 spiro atoms. The topological polar surface area (TPSA) is 128 Å². The van der Waals surface area contributed by atoms with E-state index in [0.29, 0.717) is 5.56 Å². The second kappa shape index (κ2) is 7.12. The number of rotatable bonds is 5. The Kier molecular flexibility index (Phi) is 5.16. The minimum atomic E-state index is -1.34.